The van der Waals surface area contributed by atoms with Crippen molar-refractivity contribution in [3.8, 4) is 0 Å². The maximum Gasteiger partial charge on any atom is 0.414 e. The number of nitrogens with zero attached hydrogens (tertiary/aromatic N) is 6. The van der Waals surface area contributed by atoms with Crippen LogP contribution in [-0.4, -0.2) is 163 Å². The largest absolute Gasteiger partial charge is 0.461 e. The van der Waals surface area contributed by atoms with Crippen LogP contribution in [0.25, 0.3) is 21.9 Å². The van der Waals surface area contributed by atoms with Gasteiger partial charge in [-0.2, -0.15) is 0 Å². The van der Waals surface area contributed by atoms with E-state index in [1.165, 1.54) is 0 Å². The zero-order valence-corrected chi connectivity index (χ0v) is 45.0. The highest BCUT2D eigenvalue weighted by atomic mass is 16.6. The Hall–Kier alpha value is -7.98. The molecule has 0 aliphatic carbocycles. The highest BCUT2D eigenvalue weighted by molar-refractivity contribution is 6.05. The second kappa shape index (κ2) is 28.6. The van der Waals surface area contributed by atoms with Gasteiger partial charge in [-0.1, -0.05) is 30.3 Å². The number of anilines is 2. The lowest BCUT2D eigenvalue weighted by molar-refractivity contribution is -0.140. The van der Waals surface area contributed by atoms with Gasteiger partial charge < -0.3 is 58.4 Å². The third-order valence-corrected chi connectivity index (χ3v) is 13.8. The molecule has 9 rings (SSSR count). The Morgan fingerprint density at radius 3 is 1.51 bits per heavy atom. The Kier molecular flexibility index (Phi) is 20.7. The van der Waals surface area contributed by atoms with E-state index in [0.29, 0.717) is 43.9 Å². The number of furan rings is 2. The number of aliphatic hydroxyl groups excluding tert-OH is 1. The van der Waals surface area contributed by atoms with E-state index >= 15 is 0 Å². The predicted molar refractivity (Wildman–Crippen MR) is 296 cm³/mol. The molecule has 6 amide bonds. The number of amides is 6. The highest BCUT2D eigenvalue weighted by Crippen LogP contribution is 2.25. The number of carbonyl (C=O) groups excluding carboxylic acids is 6. The molecule has 0 radical (unpaired) electrons. The lowest BCUT2D eigenvalue weighted by Crippen LogP contribution is -2.45. The number of nitrogens with one attached hydrogen (secondary N) is 4. The average Bonchev–Trinajstić information content (AvgIpc) is 4.33. The Balaban J connectivity index is 0.000000211. The Morgan fingerprint density at radius 1 is 0.582 bits per heavy atom. The zero-order chi connectivity index (χ0) is 55.5. The Morgan fingerprint density at radius 2 is 1.04 bits per heavy atom. The SMILES string of the molecule is Cc1cc2cc(NC(=N[C@H]3CCCCN(CC(=O)N4CCCC4)C3=O)NC(=O)OCCO)ccc2o1.Cc1cc2cc(NC(=N[C@H]3CCCCN(CC(=O)N4CCCC4)C3=O)NC(=O)OCCOCc3ccccc3)ccc2o1. The van der Waals surface area contributed by atoms with Crippen molar-refractivity contribution in [1.29, 1.82) is 0 Å². The monoisotopic (exact) mass is 1090 g/mol. The second-order valence-corrected chi connectivity index (χ2v) is 19.9. The van der Waals surface area contributed by atoms with Crippen molar-refractivity contribution in [3.63, 3.8) is 0 Å². The third-order valence-electron chi connectivity index (χ3n) is 13.8. The van der Waals surface area contributed by atoms with E-state index in [9.17, 15) is 28.8 Å². The summed E-state index contributed by atoms with van der Waals surface area (Å²) in [7, 11) is 0. The van der Waals surface area contributed by atoms with Gasteiger partial charge in [0, 0.05) is 61.4 Å². The van der Waals surface area contributed by atoms with Gasteiger partial charge in [-0.3, -0.25) is 29.8 Å². The molecular formula is C57H72N10O12. The lowest BCUT2D eigenvalue weighted by Gasteiger charge is -2.25. The molecule has 4 saturated heterocycles. The van der Waals surface area contributed by atoms with Crippen molar-refractivity contribution < 1.29 is 56.9 Å². The normalized spacial score (nSPS) is 18.2. The molecule has 0 saturated carbocycles. The number of benzene rings is 3. The minimum absolute atomic E-state index is 0.0336. The number of aliphatic imine (C=N–C) groups is 2. The summed E-state index contributed by atoms with van der Waals surface area (Å²) in [5.74, 6) is 1.14. The van der Waals surface area contributed by atoms with Crippen LogP contribution in [0.3, 0.4) is 0 Å². The molecule has 22 nitrogen and oxygen atoms in total. The molecule has 5 N–H and O–H groups in total. The van der Waals surface area contributed by atoms with Gasteiger partial charge in [-0.25, -0.2) is 19.6 Å². The number of ether oxygens (including phenoxy) is 3. The van der Waals surface area contributed by atoms with Crippen LogP contribution in [0, 0.1) is 13.8 Å². The smallest absolute Gasteiger partial charge is 0.414 e. The maximum atomic E-state index is 13.6. The summed E-state index contributed by atoms with van der Waals surface area (Å²) in [5.41, 5.74) is 3.78. The minimum Gasteiger partial charge on any atom is -0.461 e. The van der Waals surface area contributed by atoms with Crippen LogP contribution in [0.2, 0.25) is 0 Å². The molecule has 4 fully saturated rings. The number of aliphatic hydroxyl groups is 1. The van der Waals surface area contributed by atoms with Gasteiger partial charge >= 0.3 is 12.2 Å². The number of hydrogen-bond acceptors (Lipinski definition) is 14. The molecule has 2 atom stereocenters. The summed E-state index contributed by atoms with van der Waals surface area (Å²) in [6.45, 7) is 7.94. The number of fused-ring (bicyclic) bond motifs is 2. The van der Waals surface area contributed by atoms with Gasteiger partial charge in [0.25, 0.3) is 0 Å². The van der Waals surface area contributed by atoms with Crippen LogP contribution in [-0.2, 0) is 40.0 Å². The molecule has 4 aliphatic rings. The maximum absolute atomic E-state index is 13.6. The van der Waals surface area contributed by atoms with E-state index in [4.69, 9.17) is 28.2 Å². The molecule has 4 aliphatic heterocycles. The van der Waals surface area contributed by atoms with Crippen LogP contribution in [0.4, 0.5) is 21.0 Å². The number of guanidine groups is 2. The van der Waals surface area contributed by atoms with Crippen LogP contribution in [0.1, 0.15) is 81.3 Å². The van der Waals surface area contributed by atoms with Gasteiger partial charge in [0.15, 0.2) is 0 Å². The molecular weight excluding hydrogens is 1020 g/mol. The fourth-order valence-corrected chi connectivity index (χ4v) is 9.83. The van der Waals surface area contributed by atoms with Crippen molar-refractivity contribution in [3.05, 3.63) is 95.9 Å². The quantitative estimate of drug-likeness (QED) is 0.0416. The molecule has 3 aromatic carbocycles. The summed E-state index contributed by atoms with van der Waals surface area (Å²) >= 11 is 0. The number of hydrogen-bond donors (Lipinski definition) is 5. The van der Waals surface area contributed by atoms with Crippen molar-refractivity contribution in [2.24, 2.45) is 9.98 Å². The molecule has 22 heteroatoms. The van der Waals surface area contributed by atoms with Crippen LogP contribution < -0.4 is 21.3 Å². The van der Waals surface area contributed by atoms with Gasteiger partial charge in [-0.05, 0) is 132 Å². The summed E-state index contributed by atoms with van der Waals surface area (Å²) in [5, 5.41) is 22.1. The molecule has 0 bridgehead atoms. The van der Waals surface area contributed by atoms with Crippen molar-refractivity contribution in [2.45, 2.75) is 96.7 Å². The first-order valence-electron chi connectivity index (χ1n) is 27.3. The molecule has 422 valence electrons. The summed E-state index contributed by atoms with van der Waals surface area (Å²) in [6, 6.07) is 22.9. The second-order valence-electron chi connectivity index (χ2n) is 19.9. The summed E-state index contributed by atoms with van der Waals surface area (Å²) in [4.78, 5) is 93.4. The van der Waals surface area contributed by atoms with Crippen molar-refractivity contribution in [2.75, 3.05) is 89.4 Å². The number of alkyl carbamates (subject to hydrolysis) is 2. The van der Waals surface area contributed by atoms with Crippen molar-refractivity contribution >= 4 is 81.0 Å². The number of carbonyl (C=O) groups is 6. The van der Waals surface area contributed by atoms with E-state index < -0.39 is 24.3 Å². The first-order valence-corrected chi connectivity index (χ1v) is 27.3. The average molecular weight is 1090 g/mol. The standard InChI is InChI=1S/C32H39N5O6.C25H33N5O6/c1-23-19-25-20-26(12-13-28(25)43-23)33-31(35-32(40)42-18-17-41-22-24-9-3-2-4-10-24)34-27-11-5-6-16-37(30(27)39)21-29(38)36-14-7-8-15-36;1-17-14-18-15-19(7-8-21(18)36-17)26-24(28-25(34)35-13-12-31)27-20-6-2-3-11-30(23(20)33)16-22(32)29-9-4-5-10-29/h2-4,9-10,12-13,19-20,27H,5-8,11,14-18,21-22H2,1H3,(H2,33,34,35,40);7-8,14-15,20,31H,2-6,9-13,16H2,1H3,(H2,26,27,28,34)/t27-;20-/m00/s1. The fourth-order valence-electron chi connectivity index (χ4n) is 9.83. The highest BCUT2D eigenvalue weighted by Gasteiger charge is 2.32. The minimum atomic E-state index is -0.808. The van der Waals surface area contributed by atoms with E-state index in [2.05, 4.69) is 31.3 Å². The van der Waals surface area contributed by atoms with Crippen molar-refractivity contribution in [1.82, 2.24) is 30.2 Å². The Bertz CT molecular complexity index is 2950. The first kappa shape index (κ1) is 57.2. The number of likely N-dealkylation sites (tertiary alicyclic amines) is 4. The molecule has 6 heterocycles. The Labute approximate surface area is 458 Å². The van der Waals surface area contributed by atoms with Gasteiger partial charge in [-0.15, -0.1) is 0 Å². The third kappa shape index (κ3) is 17.0. The van der Waals surface area contributed by atoms with E-state index in [1.54, 1.807) is 32.9 Å². The molecule has 5 aromatic rings. The summed E-state index contributed by atoms with van der Waals surface area (Å²) < 4.78 is 27.1. The topological polar surface area (TPSA) is 262 Å². The lowest BCUT2D eigenvalue weighted by atomic mass is 10.1. The predicted octanol–water partition coefficient (Wildman–Crippen LogP) is 6.69. The van der Waals surface area contributed by atoms with Crippen LogP contribution >= 0.6 is 0 Å². The zero-order valence-electron chi connectivity index (χ0n) is 45.0. The van der Waals surface area contributed by atoms with E-state index in [-0.39, 0.29) is 75.1 Å². The summed E-state index contributed by atoms with van der Waals surface area (Å²) in [6.07, 6.45) is 6.51. The van der Waals surface area contributed by atoms with E-state index in [0.717, 1.165) is 117 Å². The molecule has 0 spiro atoms. The number of rotatable bonds is 15. The van der Waals surface area contributed by atoms with Gasteiger partial charge in [0.2, 0.25) is 35.5 Å². The van der Waals surface area contributed by atoms with Gasteiger partial charge in [0.05, 0.1) is 32.9 Å². The van der Waals surface area contributed by atoms with Crippen LogP contribution in [0.5, 0.6) is 0 Å². The van der Waals surface area contributed by atoms with Gasteiger partial charge in [0.1, 0.15) is 48.0 Å². The number of aryl methyl sites for hydroxylation is 2. The molecule has 0 unspecified atom stereocenters. The van der Waals surface area contributed by atoms with Crippen LogP contribution in [0.15, 0.2) is 97.7 Å². The first-order chi connectivity index (χ1) is 38.4. The fraction of sp³-hybridized carbons (Fsp3) is 0.474. The molecule has 2 aromatic heterocycles. The molecule has 79 heavy (non-hydrogen) atoms. The van der Waals surface area contributed by atoms with E-state index in [1.807, 2.05) is 79.4 Å².